The highest BCUT2D eigenvalue weighted by Crippen LogP contribution is 2.17. The average Bonchev–Trinajstić information content (AvgIpc) is 2.86. The third kappa shape index (κ3) is 4.52. The summed E-state index contributed by atoms with van der Waals surface area (Å²) in [6, 6.07) is 1.39. The summed E-state index contributed by atoms with van der Waals surface area (Å²) in [5.41, 5.74) is 0. The van der Waals surface area contributed by atoms with Crippen molar-refractivity contribution >= 4 is 0 Å². The van der Waals surface area contributed by atoms with Crippen LogP contribution in [-0.2, 0) is 4.74 Å². The maximum atomic E-state index is 5.46. The van der Waals surface area contributed by atoms with Gasteiger partial charge in [0.05, 0.1) is 0 Å². The first kappa shape index (κ1) is 14.3. The minimum Gasteiger partial charge on any atom is -0.381 e. The Bertz CT molecular complexity index is 229. The van der Waals surface area contributed by atoms with E-state index in [1.54, 1.807) is 0 Å². The van der Waals surface area contributed by atoms with Crippen molar-refractivity contribution in [2.24, 2.45) is 5.92 Å². The molecule has 0 spiro atoms. The summed E-state index contributed by atoms with van der Waals surface area (Å²) in [5, 5.41) is 3.74. The lowest BCUT2D eigenvalue weighted by Crippen LogP contribution is -2.44. The number of ether oxygens (including phenoxy) is 1. The Labute approximate surface area is 112 Å². The fourth-order valence-corrected chi connectivity index (χ4v) is 3.12. The normalized spacial score (nSPS) is 35.3. The number of nitrogens with zero attached hydrogens (tertiary/aromatic N) is 1. The Kier molecular flexibility index (Phi) is 5.93. The molecular weight excluding hydrogens is 224 g/mol. The van der Waals surface area contributed by atoms with Crippen LogP contribution in [0.5, 0.6) is 0 Å². The third-order valence-electron chi connectivity index (χ3n) is 4.56. The van der Waals surface area contributed by atoms with E-state index in [0.717, 1.165) is 25.2 Å². The van der Waals surface area contributed by atoms with Crippen LogP contribution in [0.25, 0.3) is 0 Å². The van der Waals surface area contributed by atoms with E-state index in [-0.39, 0.29) is 0 Å². The van der Waals surface area contributed by atoms with Crippen LogP contribution < -0.4 is 5.32 Å². The van der Waals surface area contributed by atoms with Gasteiger partial charge in [0, 0.05) is 25.3 Å². The molecule has 0 aromatic carbocycles. The maximum absolute atomic E-state index is 5.46. The topological polar surface area (TPSA) is 24.5 Å². The Morgan fingerprint density at radius 3 is 2.78 bits per heavy atom. The van der Waals surface area contributed by atoms with Crippen molar-refractivity contribution in [1.82, 2.24) is 10.2 Å². The molecule has 0 aromatic rings. The van der Waals surface area contributed by atoms with Gasteiger partial charge in [0.2, 0.25) is 0 Å². The van der Waals surface area contributed by atoms with E-state index in [0.29, 0.717) is 6.04 Å². The van der Waals surface area contributed by atoms with Gasteiger partial charge in [-0.15, -0.1) is 0 Å². The number of rotatable bonds is 4. The first-order chi connectivity index (χ1) is 8.78. The lowest BCUT2D eigenvalue weighted by atomic mass is 10.0. The van der Waals surface area contributed by atoms with E-state index in [2.05, 4.69) is 24.1 Å². The summed E-state index contributed by atoms with van der Waals surface area (Å²) in [4.78, 5) is 2.68. The third-order valence-corrected chi connectivity index (χ3v) is 4.56. The lowest BCUT2D eigenvalue weighted by Gasteiger charge is -2.32. The molecule has 2 aliphatic rings. The van der Waals surface area contributed by atoms with Gasteiger partial charge >= 0.3 is 0 Å². The molecule has 3 atom stereocenters. The summed E-state index contributed by atoms with van der Waals surface area (Å²) in [7, 11) is 0. The molecule has 1 N–H and O–H groups in total. The Balaban J connectivity index is 1.72. The van der Waals surface area contributed by atoms with Crippen LogP contribution in [-0.4, -0.2) is 49.8 Å². The Hall–Kier alpha value is -0.120. The highest BCUT2D eigenvalue weighted by Gasteiger charge is 2.20. The second-order valence-electron chi connectivity index (χ2n) is 6.11. The zero-order valence-electron chi connectivity index (χ0n) is 12.2. The molecule has 3 unspecified atom stereocenters. The highest BCUT2D eigenvalue weighted by atomic mass is 16.5. The van der Waals surface area contributed by atoms with Crippen molar-refractivity contribution in [3.63, 3.8) is 0 Å². The van der Waals surface area contributed by atoms with Gasteiger partial charge in [-0.25, -0.2) is 0 Å². The second kappa shape index (κ2) is 7.46. The minimum atomic E-state index is 0.674. The lowest BCUT2D eigenvalue weighted by molar-refractivity contribution is 0.171. The van der Waals surface area contributed by atoms with E-state index in [4.69, 9.17) is 4.74 Å². The van der Waals surface area contributed by atoms with Crippen molar-refractivity contribution in [2.75, 3.05) is 32.8 Å². The average molecular weight is 254 g/mol. The molecule has 0 aliphatic carbocycles. The molecule has 0 radical (unpaired) electrons. The van der Waals surface area contributed by atoms with Crippen LogP contribution in [0.2, 0.25) is 0 Å². The van der Waals surface area contributed by atoms with Gasteiger partial charge in [0.1, 0.15) is 0 Å². The molecule has 18 heavy (non-hydrogen) atoms. The predicted molar refractivity (Wildman–Crippen MR) is 75.9 cm³/mol. The molecule has 2 aliphatic heterocycles. The number of nitrogens with one attached hydrogen (secondary N) is 1. The van der Waals surface area contributed by atoms with Crippen molar-refractivity contribution in [3.8, 4) is 0 Å². The fourth-order valence-electron chi connectivity index (χ4n) is 3.12. The van der Waals surface area contributed by atoms with Crippen molar-refractivity contribution < 1.29 is 4.74 Å². The standard InChI is InChI=1S/C15H30N2O/c1-3-15-6-10-17(8-4-13(2)16-15)9-5-14-7-11-18-12-14/h13-16H,3-12H2,1-2H3. The van der Waals surface area contributed by atoms with Gasteiger partial charge in [-0.05, 0) is 64.6 Å². The van der Waals surface area contributed by atoms with Gasteiger partial charge in [0.15, 0.2) is 0 Å². The van der Waals surface area contributed by atoms with E-state index in [1.165, 1.54) is 51.7 Å². The first-order valence-electron chi connectivity index (χ1n) is 7.84. The zero-order valence-corrected chi connectivity index (χ0v) is 12.2. The molecule has 0 bridgehead atoms. The highest BCUT2D eigenvalue weighted by molar-refractivity contribution is 4.77. The quantitative estimate of drug-likeness (QED) is 0.833. The maximum Gasteiger partial charge on any atom is 0.0495 e. The van der Waals surface area contributed by atoms with Crippen molar-refractivity contribution in [3.05, 3.63) is 0 Å². The number of hydrogen-bond acceptors (Lipinski definition) is 3. The van der Waals surface area contributed by atoms with Gasteiger partial charge in [-0.3, -0.25) is 0 Å². The Morgan fingerprint density at radius 2 is 2.06 bits per heavy atom. The minimum absolute atomic E-state index is 0.674. The summed E-state index contributed by atoms with van der Waals surface area (Å²) in [6.45, 7) is 10.4. The summed E-state index contributed by atoms with van der Waals surface area (Å²) >= 11 is 0. The number of hydrogen-bond donors (Lipinski definition) is 1. The van der Waals surface area contributed by atoms with Crippen LogP contribution in [0.15, 0.2) is 0 Å². The molecule has 2 heterocycles. The van der Waals surface area contributed by atoms with Crippen LogP contribution >= 0.6 is 0 Å². The largest absolute Gasteiger partial charge is 0.381 e. The van der Waals surface area contributed by atoms with Gasteiger partial charge in [-0.2, -0.15) is 0 Å². The van der Waals surface area contributed by atoms with Crippen LogP contribution in [0.4, 0.5) is 0 Å². The van der Waals surface area contributed by atoms with Gasteiger partial charge in [-0.1, -0.05) is 6.92 Å². The second-order valence-corrected chi connectivity index (χ2v) is 6.11. The van der Waals surface area contributed by atoms with Crippen LogP contribution in [0.1, 0.15) is 46.0 Å². The van der Waals surface area contributed by atoms with Gasteiger partial charge < -0.3 is 15.0 Å². The molecule has 2 fully saturated rings. The Morgan fingerprint density at radius 1 is 1.22 bits per heavy atom. The molecule has 106 valence electrons. The SMILES string of the molecule is CCC1CCN(CCC2CCOC2)CCC(C)N1. The van der Waals surface area contributed by atoms with E-state index < -0.39 is 0 Å². The van der Waals surface area contributed by atoms with Crippen molar-refractivity contribution in [2.45, 2.75) is 58.0 Å². The fraction of sp³-hybridized carbons (Fsp3) is 1.00. The van der Waals surface area contributed by atoms with Crippen LogP contribution in [0, 0.1) is 5.92 Å². The van der Waals surface area contributed by atoms with E-state index >= 15 is 0 Å². The smallest absolute Gasteiger partial charge is 0.0495 e. The molecule has 0 aromatic heterocycles. The van der Waals surface area contributed by atoms with E-state index in [9.17, 15) is 0 Å². The summed E-state index contributed by atoms with van der Waals surface area (Å²) < 4.78 is 5.46. The van der Waals surface area contributed by atoms with Crippen LogP contribution in [0.3, 0.4) is 0 Å². The molecule has 0 saturated carbocycles. The summed E-state index contributed by atoms with van der Waals surface area (Å²) in [6.07, 6.45) is 6.47. The molecule has 0 amide bonds. The zero-order chi connectivity index (χ0) is 12.8. The summed E-state index contributed by atoms with van der Waals surface area (Å²) in [5.74, 6) is 0.827. The predicted octanol–water partition coefficient (Wildman–Crippen LogP) is 2.27. The molecule has 2 rings (SSSR count). The monoisotopic (exact) mass is 254 g/mol. The molecule has 3 heteroatoms. The molecular formula is C15H30N2O. The van der Waals surface area contributed by atoms with Crippen molar-refractivity contribution in [1.29, 1.82) is 0 Å². The van der Waals surface area contributed by atoms with Gasteiger partial charge in [0.25, 0.3) is 0 Å². The van der Waals surface area contributed by atoms with E-state index in [1.807, 2.05) is 0 Å². The molecule has 2 saturated heterocycles. The molecule has 3 nitrogen and oxygen atoms in total. The first-order valence-corrected chi connectivity index (χ1v) is 7.84.